The van der Waals surface area contributed by atoms with Gasteiger partial charge in [0.15, 0.2) is 5.60 Å². The van der Waals surface area contributed by atoms with Gasteiger partial charge in [0.2, 0.25) is 5.91 Å². The fourth-order valence-corrected chi connectivity index (χ4v) is 2.01. The van der Waals surface area contributed by atoms with Gasteiger partial charge in [0.25, 0.3) is 5.91 Å². The predicted molar refractivity (Wildman–Crippen MR) is 71.1 cm³/mol. The Bertz CT molecular complexity index is 581. The third-order valence-corrected chi connectivity index (χ3v) is 3.33. The molecule has 1 saturated heterocycles. The van der Waals surface area contributed by atoms with Crippen molar-refractivity contribution in [2.45, 2.75) is 11.5 Å². The van der Waals surface area contributed by atoms with E-state index in [-0.39, 0.29) is 0 Å². The Morgan fingerprint density at radius 1 is 1.29 bits per heavy atom. The first-order chi connectivity index (χ1) is 9.76. The average Bonchev–Trinajstić information content (AvgIpc) is 2.42. The van der Waals surface area contributed by atoms with E-state index in [1.807, 2.05) is 6.07 Å². The molecule has 3 N–H and O–H groups in total. The monoisotopic (exact) mass is 296 g/mol. The molecule has 2 amide bonds. The summed E-state index contributed by atoms with van der Waals surface area (Å²) in [6.07, 6.45) is 2.75. The number of likely N-dealkylation sites (tertiary alicyclic amines) is 1. The van der Waals surface area contributed by atoms with Crippen molar-refractivity contribution in [3.05, 3.63) is 42.0 Å². The van der Waals surface area contributed by atoms with E-state index in [1.165, 1.54) is 12.2 Å². The zero-order valence-corrected chi connectivity index (χ0v) is 11.0. The highest BCUT2D eigenvalue weighted by Gasteiger charge is 2.64. The third kappa shape index (κ3) is 2.78. The van der Waals surface area contributed by atoms with Crippen molar-refractivity contribution < 1.29 is 23.5 Å². The molecule has 1 fully saturated rings. The molecule has 0 aromatic heterocycles. The van der Waals surface area contributed by atoms with E-state index in [0.29, 0.717) is 0 Å². The highest BCUT2D eigenvalue weighted by Crippen LogP contribution is 2.36. The molecule has 2 rings (SSSR count). The lowest BCUT2D eigenvalue weighted by atomic mass is 9.86. The Morgan fingerprint density at radius 2 is 1.86 bits per heavy atom. The minimum atomic E-state index is -4.06. The van der Waals surface area contributed by atoms with E-state index in [1.54, 1.807) is 24.3 Å². The quantitative estimate of drug-likeness (QED) is 0.789. The Hall–Kier alpha value is -2.28. The number of alkyl halides is 2. The van der Waals surface area contributed by atoms with Crippen molar-refractivity contribution in [3.63, 3.8) is 0 Å². The van der Waals surface area contributed by atoms with Gasteiger partial charge < -0.3 is 15.7 Å². The minimum Gasteiger partial charge on any atom is -0.379 e. The summed E-state index contributed by atoms with van der Waals surface area (Å²) in [6, 6.07) is 8.95. The summed E-state index contributed by atoms with van der Waals surface area (Å²) in [7, 11) is 0. The van der Waals surface area contributed by atoms with Crippen LogP contribution in [-0.4, -0.2) is 46.4 Å². The first-order valence-corrected chi connectivity index (χ1v) is 6.18. The van der Waals surface area contributed by atoms with Crippen LogP contribution < -0.4 is 5.73 Å². The number of rotatable bonds is 4. The largest absolute Gasteiger partial charge is 0.379 e. The molecule has 1 heterocycles. The molecule has 1 aromatic rings. The number of β-amino-alcohol motifs (C(OH)–C–C–N with tert-alkyl or cyclic N) is 1. The Kier molecular flexibility index (Phi) is 3.78. The molecule has 112 valence electrons. The minimum absolute atomic E-state index is 0.524. The van der Waals surface area contributed by atoms with Gasteiger partial charge in [-0.05, 0) is 11.6 Å². The molecule has 1 aliphatic heterocycles. The maximum Gasteiger partial charge on any atom is 0.355 e. The number of hydrogen-bond donors (Lipinski definition) is 2. The van der Waals surface area contributed by atoms with Crippen LogP contribution in [0.2, 0.25) is 0 Å². The van der Waals surface area contributed by atoms with Crippen LogP contribution in [0.15, 0.2) is 36.4 Å². The molecule has 0 atom stereocenters. The fraction of sp³-hybridized carbons (Fsp3) is 0.286. The standard InChI is InChI=1S/C14H14F2N2O3/c15-14(16,12(17)20)13(21)8-18(9-13)11(19)7-6-10-4-2-1-3-5-10/h1-7,21H,8-9H2,(H2,17,20). The first-order valence-electron chi connectivity index (χ1n) is 6.18. The molecule has 0 saturated carbocycles. The van der Waals surface area contributed by atoms with E-state index in [4.69, 9.17) is 0 Å². The van der Waals surface area contributed by atoms with Crippen molar-refractivity contribution in [1.29, 1.82) is 0 Å². The highest BCUT2D eigenvalue weighted by atomic mass is 19.3. The van der Waals surface area contributed by atoms with Crippen molar-refractivity contribution in [1.82, 2.24) is 4.90 Å². The summed E-state index contributed by atoms with van der Waals surface area (Å²) in [5, 5.41) is 9.64. The zero-order valence-electron chi connectivity index (χ0n) is 11.0. The number of primary amides is 1. The molecular formula is C14H14F2N2O3. The van der Waals surface area contributed by atoms with Crippen LogP contribution in [0.4, 0.5) is 8.78 Å². The topological polar surface area (TPSA) is 83.6 Å². The molecule has 0 unspecified atom stereocenters. The summed E-state index contributed by atoms with van der Waals surface area (Å²) in [4.78, 5) is 23.4. The number of carbonyl (C=O) groups excluding carboxylic acids is 2. The van der Waals surface area contributed by atoms with E-state index in [2.05, 4.69) is 5.73 Å². The number of nitrogens with two attached hydrogens (primary N) is 1. The Balaban J connectivity index is 1.97. The van der Waals surface area contributed by atoms with Crippen LogP contribution in [0.1, 0.15) is 5.56 Å². The SMILES string of the molecule is NC(=O)C(F)(F)C1(O)CN(C(=O)C=Cc2ccccc2)C1. The molecule has 5 nitrogen and oxygen atoms in total. The molecule has 1 aromatic carbocycles. The Labute approximate surface area is 119 Å². The predicted octanol–water partition coefficient (Wildman–Crippen LogP) is 0.394. The van der Waals surface area contributed by atoms with Crippen LogP contribution in [-0.2, 0) is 9.59 Å². The lowest BCUT2D eigenvalue weighted by molar-refractivity contribution is -0.230. The van der Waals surface area contributed by atoms with E-state index in [0.717, 1.165) is 10.5 Å². The second kappa shape index (κ2) is 5.25. The van der Waals surface area contributed by atoms with Crippen LogP contribution in [0, 0.1) is 0 Å². The molecule has 0 radical (unpaired) electrons. The van der Waals surface area contributed by atoms with Gasteiger partial charge in [0.05, 0.1) is 13.1 Å². The zero-order chi connectivity index (χ0) is 15.7. The van der Waals surface area contributed by atoms with E-state index in [9.17, 15) is 23.5 Å². The maximum atomic E-state index is 13.4. The van der Waals surface area contributed by atoms with Crippen molar-refractivity contribution in [2.75, 3.05) is 13.1 Å². The number of benzene rings is 1. The second-order valence-electron chi connectivity index (χ2n) is 4.91. The molecule has 0 aliphatic carbocycles. The van der Waals surface area contributed by atoms with Gasteiger partial charge in [-0.25, -0.2) is 0 Å². The van der Waals surface area contributed by atoms with Gasteiger partial charge in [-0.2, -0.15) is 8.78 Å². The fourth-order valence-electron chi connectivity index (χ4n) is 2.01. The summed E-state index contributed by atoms with van der Waals surface area (Å²) in [5.74, 6) is -6.49. The van der Waals surface area contributed by atoms with Crippen LogP contribution in [0.3, 0.4) is 0 Å². The normalized spacial score (nSPS) is 17.6. The van der Waals surface area contributed by atoms with Gasteiger partial charge in [-0.1, -0.05) is 30.3 Å². The number of carbonyl (C=O) groups is 2. The van der Waals surface area contributed by atoms with Crippen LogP contribution in [0.25, 0.3) is 6.08 Å². The summed E-state index contributed by atoms with van der Waals surface area (Å²) in [6.45, 7) is -1.28. The molecule has 0 spiro atoms. The molecule has 7 heteroatoms. The lowest BCUT2D eigenvalue weighted by Crippen LogP contribution is -2.74. The number of aliphatic hydroxyl groups is 1. The Morgan fingerprint density at radius 3 is 2.38 bits per heavy atom. The van der Waals surface area contributed by atoms with Gasteiger partial charge in [0, 0.05) is 6.08 Å². The van der Waals surface area contributed by atoms with Gasteiger partial charge in [-0.15, -0.1) is 0 Å². The smallest absolute Gasteiger partial charge is 0.355 e. The molecular weight excluding hydrogens is 282 g/mol. The van der Waals surface area contributed by atoms with Gasteiger partial charge in [-0.3, -0.25) is 9.59 Å². The summed E-state index contributed by atoms with van der Waals surface area (Å²) < 4.78 is 26.8. The van der Waals surface area contributed by atoms with Crippen molar-refractivity contribution in [2.24, 2.45) is 5.73 Å². The molecule has 21 heavy (non-hydrogen) atoms. The number of nitrogens with zero attached hydrogens (tertiary/aromatic N) is 1. The number of hydrogen-bond acceptors (Lipinski definition) is 3. The maximum absolute atomic E-state index is 13.4. The van der Waals surface area contributed by atoms with Gasteiger partial charge >= 0.3 is 5.92 Å². The number of amides is 2. The van der Waals surface area contributed by atoms with Crippen molar-refractivity contribution in [3.8, 4) is 0 Å². The molecule has 0 bridgehead atoms. The average molecular weight is 296 g/mol. The van der Waals surface area contributed by atoms with E-state index < -0.39 is 36.4 Å². The lowest BCUT2D eigenvalue weighted by Gasteiger charge is -2.48. The van der Waals surface area contributed by atoms with Crippen LogP contribution >= 0.6 is 0 Å². The summed E-state index contributed by atoms with van der Waals surface area (Å²) >= 11 is 0. The highest BCUT2D eigenvalue weighted by molar-refractivity contribution is 5.93. The first kappa shape index (κ1) is 15.1. The summed E-state index contributed by atoms with van der Waals surface area (Å²) in [5.41, 5.74) is 2.75. The number of halogens is 2. The molecule has 1 aliphatic rings. The van der Waals surface area contributed by atoms with Crippen LogP contribution in [0.5, 0.6) is 0 Å². The second-order valence-corrected chi connectivity index (χ2v) is 4.91. The van der Waals surface area contributed by atoms with E-state index >= 15 is 0 Å². The van der Waals surface area contributed by atoms with Gasteiger partial charge in [0.1, 0.15) is 0 Å². The van der Waals surface area contributed by atoms with Crippen molar-refractivity contribution >= 4 is 17.9 Å². The third-order valence-electron chi connectivity index (χ3n) is 3.33.